The van der Waals surface area contributed by atoms with Crippen molar-refractivity contribution in [1.29, 1.82) is 0 Å². The summed E-state index contributed by atoms with van der Waals surface area (Å²) in [4.78, 5) is 28.8. The number of nitrogens with zero attached hydrogens (tertiary/aromatic N) is 4. The van der Waals surface area contributed by atoms with E-state index >= 15 is 0 Å². The molecule has 7 heteroatoms. The summed E-state index contributed by atoms with van der Waals surface area (Å²) < 4.78 is 1.34. The molecule has 3 rings (SSSR count). The van der Waals surface area contributed by atoms with Crippen molar-refractivity contribution in [2.24, 2.45) is 13.0 Å². The molecule has 1 atom stereocenters. The van der Waals surface area contributed by atoms with Crippen LogP contribution in [-0.4, -0.2) is 58.9 Å². The number of carbonyl (C=O) groups excluding carboxylic acids is 1. The SMILES string of the molecule is CC(C)N1CCC[C@H]1C(=O)NCC1CCN(c2cnn(C)c(=O)c2)CC1. The lowest BCUT2D eigenvalue weighted by molar-refractivity contribution is -0.126. The lowest BCUT2D eigenvalue weighted by atomic mass is 9.96. The average molecular weight is 361 g/mol. The largest absolute Gasteiger partial charge is 0.370 e. The molecule has 1 N–H and O–H groups in total. The average Bonchev–Trinajstić information content (AvgIpc) is 3.13. The molecule has 3 heterocycles. The highest BCUT2D eigenvalue weighted by atomic mass is 16.2. The molecule has 0 aromatic carbocycles. The molecule has 0 aliphatic carbocycles. The molecular formula is C19H31N5O2. The van der Waals surface area contributed by atoms with Crippen LogP contribution in [0.15, 0.2) is 17.1 Å². The van der Waals surface area contributed by atoms with Gasteiger partial charge in [0.1, 0.15) is 0 Å². The number of nitrogens with one attached hydrogen (secondary N) is 1. The van der Waals surface area contributed by atoms with Crippen LogP contribution in [0.5, 0.6) is 0 Å². The van der Waals surface area contributed by atoms with Crippen LogP contribution < -0.4 is 15.8 Å². The molecule has 2 aliphatic heterocycles. The highest BCUT2D eigenvalue weighted by Gasteiger charge is 2.32. The van der Waals surface area contributed by atoms with E-state index in [1.165, 1.54) is 4.68 Å². The quantitative estimate of drug-likeness (QED) is 0.847. The van der Waals surface area contributed by atoms with Crippen LogP contribution in [0.1, 0.15) is 39.5 Å². The van der Waals surface area contributed by atoms with E-state index in [0.717, 1.165) is 57.5 Å². The molecule has 26 heavy (non-hydrogen) atoms. The second kappa shape index (κ2) is 8.20. The van der Waals surface area contributed by atoms with E-state index in [1.807, 2.05) is 0 Å². The topological polar surface area (TPSA) is 70.5 Å². The minimum absolute atomic E-state index is 0.0432. The van der Waals surface area contributed by atoms with Crippen LogP contribution >= 0.6 is 0 Å². The van der Waals surface area contributed by atoms with Crippen LogP contribution in [0.2, 0.25) is 0 Å². The van der Waals surface area contributed by atoms with Crippen molar-refractivity contribution in [3.63, 3.8) is 0 Å². The summed E-state index contributed by atoms with van der Waals surface area (Å²) in [7, 11) is 1.66. The van der Waals surface area contributed by atoms with E-state index in [-0.39, 0.29) is 17.5 Å². The Balaban J connectivity index is 1.46. The first-order chi connectivity index (χ1) is 12.5. The molecule has 2 fully saturated rings. The monoisotopic (exact) mass is 361 g/mol. The highest BCUT2D eigenvalue weighted by Crippen LogP contribution is 2.23. The molecule has 1 aromatic heterocycles. The first-order valence-corrected chi connectivity index (χ1v) is 9.77. The zero-order valence-electron chi connectivity index (χ0n) is 16.1. The zero-order chi connectivity index (χ0) is 18.7. The molecule has 7 nitrogen and oxygen atoms in total. The fourth-order valence-electron chi connectivity index (χ4n) is 4.08. The van der Waals surface area contributed by atoms with Gasteiger partial charge < -0.3 is 10.2 Å². The number of piperidine rings is 1. The number of aromatic nitrogens is 2. The third-order valence-electron chi connectivity index (χ3n) is 5.76. The second-order valence-electron chi connectivity index (χ2n) is 7.84. The van der Waals surface area contributed by atoms with Crippen LogP contribution in [0.3, 0.4) is 0 Å². The summed E-state index contributed by atoms with van der Waals surface area (Å²) >= 11 is 0. The van der Waals surface area contributed by atoms with E-state index in [1.54, 1.807) is 19.3 Å². The van der Waals surface area contributed by atoms with E-state index < -0.39 is 0 Å². The Morgan fingerprint density at radius 3 is 2.65 bits per heavy atom. The van der Waals surface area contributed by atoms with Crippen LogP contribution in [-0.2, 0) is 11.8 Å². The Hall–Kier alpha value is -1.89. The summed E-state index contributed by atoms with van der Waals surface area (Å²) in [5.74, 6) is 0.693. The summed E-state index contributed by atoms with van der Waals surface area (Å²) in [6, 6.07) is 2.11. The van der Waals surface area contributed by atoms with Crippen molar-refractivity contribution >= 4 is 11.6 Å². The van der Waals surface area contributed by atoms with E-state index in [9.17, 15) is 9.59 Å². The molecule has 1 aromatic rings. The van der Waals surface area contributed by atoms with Gasteiger partial charge in [-0.05, 0) is 52.0 Å². The van der Waals surface area contributed by atoms with Gasteiger partial charge in [0.2, 0.25) is 5.91 Å². The number of hydrogen-bond acceptors (Lipinski definition) is 5. The zero-order valence-corrected chi connectivity index (χ0v) is 16.1. The minimum atomic E-state index is -0.0804. The van der Waals surface area contributed by atoms with E-state index in [2.05, 4.69) is 34.1 Å². The van der Waals surface area contributed by atoms with Gasteiger partial charge in [-0.15, -0.1) is 0 Å². The number of likely N-dealkylation sites (tertiary alicyclic amines) is 1. The number of rotatable bonds is 5. The Labute approximate surface area is 155 Å². The van der Waals surface area contributed by atoms with Gasteiger partial charge in [-0.2, -0.15) is 5.10 Å². The summed E-state index contributed by atoms with van der Waals surface area (Å²) in [6.45, 7) is 7.90. The van der Waals surface area contributed by atoms with Gasteiger partial charge in [-0.25, -0.2) is 4.68 Å². The maximum absolute atomic E-state index is 12.5. The van der Waals surface area contributed by atoms with E-state index in [4.69, 9.17) is 0 Å². The van der Waals surface area contributed by atoms with Crippen LogP contribution in [0, 0.1) is 5.92 Å². The fraction of sp³-hybridized carbons (Fsp3) is 0.737. The van der Waals surface area contributed by atoms with Crippen LogP contribution in [0.4, 0.5) is 5.69 Å². The van der Waals surface area contributed by atoms with Gasteiger partial charge in [-0.1, -0.05) is 0 Å². The predicted octanol–water partition coefficient (Wildman–Crippen LogP) is 0.986. The number of aryl methyl sites for hydroxylation is 1. The first-order valence-electron chi connectivity index (χ1n) is 9.77. The second-order valence-corrected chi connectivity index (χ2v) is 7.84. The first kappa shape index (κ1) is 18.9. The molecule has 2 saturated heterocycles. The van der Waals surface area contributed by atoms with Crippen LogP contribution in [0.25, 0.3) is 0 Å². The number of amides is 1. The Morgan fingerprint density at radius 1 is 1.27 bits per heavy atom. The number of anilines is 1. The molecule has 144 valence electrons. The standard InChI is InChI=1S/C19H31N5O2/c1-14(2)24-8-4-5-17(24)19(26)20-12-15-6-9-23(10-7-15)16-11-18(25)22(3)21-13-16/h11,13-15,17H,4-10,12H2,1-3H3,(H,20,26)/t17-/m0/s1. The predicted molar refractivity (Wildman–Crippen MR) is 102 cm³/mol. The third-order valence-corrected chi connectivity index (χ3v) is 5.76. The molecule has 0 unspecified atom stereocenters. The summed E-state index contributed by atoms with van der Waals surface area (Å²) in [6.07, 6.45) is 5.88. The lowest BCUT2D eigenvalue weighted by Gasteiger charge is -2.34. The fourth-order valence-corrected chi connectivity index (χ4v) is 4.08. The Kier molecular flexibility index (Phi) is 5.96. The number of hydrogen-bond donors (Lipinski definition) is 1. The third kappa shape index (κ3) is 4.26. The van der Waals surface area contributed by atoms with Gasteiger partial charge >= 0.3 is 0 Å². The molecule has 2 aliphatic rings. The van der Waals surface area contributed by atoms with Gasteiger partial charge in [0.05, 0.1) is 17.9 Å². The van der Waals surface area contributed by atoms with Gasteiger partial charge in [0, 0.05) is 38.8 Å². The normalized spacial score (nSPS) is 22.2. The summed E-state index contributed by atoms with van der Waals surface area (Å²) in [5, 5.41) is 7.28. The van der Waals surface area contributed by atoms with Gasteiger partial charge in [0.25, 0.3) is 5.56 Å². The van der Waals surface area contributed by atoms with E-state index in [0.29, 0.717) is 12.0 Å². The van der Waals surface area contributed by atoms with Crippen molar-refractivity contribution in [3.8, 4) is 0 Å². The van der Waals surface area contributed by atoms with Crippen molar-refractivity contribution in [2.75, 3.05) is 31.1 Å². The Bertz CT molecular complexity index is 679. The molecule has 0 bridgehead atoms. The maximum atomic E-state index is 12.5. The summed E-state index contributed by atoms with van der Waals surface area (Å²) in [5.41, 5.74) is 0.817. The Morgan fingerprint density at radius 2 is 2.00 bits per heavy atom. The smallest absolute Gasteiger partial charge is 0.268 e. The van der Waals surface area contributed by atoms with Crippen molar-refractivity contribution < 1.29 is 4.79 Å². The lowest BCUT2D eigenvalue weighted by Crippen LogP contribution is -2.47. The van der Waals surface area contributed by atoms with Gasteiger partial charge in [0.15, 0.2) is 0 Å². The number of carbonyl (C=O) groups is 1. The minimum Gasteiger partial charge on any atom is -0.370 e. The maximum Gasteiger partial charge on any atom is 0.268 e. The molecule has 0 saturated carbocycles. The molecule has 0 spiro atoms. The van der Waals surface area contributed by atoms with Gasteiger partial charge in [-0.3, -0.25) is 14.5 Å². The molecular weight excluding hydrogens is 330 g/mol. The molecule has 0 radical (unpaired) electrons. The molecule has 1 amide bonds. The van der Waals surface area contributed by atoms with Crippen molar-refractivity contribution in [2.45, 2.75) is 51.6 Å². The van der Waals surface area contributed by atoms with Crippen molar-refractivity contribution in [1.82, 2.24) is 20.0 Å². The van der Waals surface area contributed by atoms with Crippen molar-refractivity contribution in [3.05, 3.63) is 22.6 Å². The highest BCUT2D eigenvalue weighted by molar-refractivity contribution is 5.82.